The fraction of sp³-hybridized carbons (Fsp3) is 0.867. The molecule has 1 saturated carbocycles. The van der Waals surface area contributed by atoms with Crippen LogP contribution in [0.15, 0.2) is 4.52 Å². The van der Waals surface area contributed by atoms with Crippen LogP contribution in [-0.2, 0) is 16.8 Å². The Labute approximate surface area is 120 Å². The van der Waals surface area contributed by atoms with Gasteiger partial charge in [0.15, 0.2) is 0 Å². The van der Waals surface area contributed by atoms with Gasteiger partial charge in [0, 0.05) is 6.61 Å². The van der Waals surface area contributed by atoms with Crippen LogP contribution in [0.2, 0.25) is 0 Å². The summed E-state index contributed by atoms with van der Waals surface area (Å²) in [6, 6.07) is 0. The molecule has 5 heteroatoms. The van der Waals surface area contributed by atoms with Crippen LogP contribution in [0.5, 0.6) is 0 Å². The predicted molar refractivity (Wildman–Crippen MR) is 75.2 cm³/mol. The minimum atomic E-state index is -0.475. The number of ether oxygens (including phenoxy) is 1. The van der Waals surface area contributed by atoms with Gasteiger partial charge in [-0.3, -0.25) is 0 Å². The Bertz CT molecular complexity index is 430. The van der Waals surface area contributed by atoms with Crippen molar-refractivity contribution in [3.05, 3.63) is 11.7 Å². The topological polar surface area (TPSA) is 68.4 Å². The molecule has 5 nitrogen and oxygen atoms in total. The summed E-state index contributed by atoms with van der Waals surface area (Å²) in [5.41, 5.74) is -0.0580. The van der Waals surface area contributed by atoms with Crippen molar-refractivity contribution in [1.82, 2.24) is 10.1 Å². The average molecular weight is 282 g/mol. The van der Waals surface area contributed by atoms with Crippen LogP contribution in [0.25, 0.3) is 0 Å². The predicted octanol–water partition coefficient (Wildman–Crippen LogP) is 2.82. The molecule has 1 aromatic heterocycles. The Morgan fingerprint density at radius 1 is 1.30 bits per heavy atom. The lowest BCUT2D eigenvalue weighted by Crippen LogP contribution is -2.38. The summed E-state index contributed by atoms with van der Waals surface area (Å²) in [7, 11) is 0. The number of aromatic nitrogens is 2. The van der Waals surface area contributed by atoms with E-state index in [-0.39, 0.29) is 0 Å². The summed E-state index contributed by atoms with van der Waals surface area (Å²) >= 11 is 0. The molecule has 0 radical (unpaired) electrons. The van der Waals surface area contributed by atoms with Crippen molar-refractivity contribution in [2.24, 2.45) is 5.41 Å². The van der Waals surface area contributed by atoms with Crippen LogP contribution in [0.3, 0.4) is 0 Å². The molecule has 0 spiro atoms. The number of aliphatic hydroxyl groups excluding tert-OH is 1. The first-order chi connectivity index (χ1) is 9.37. The highest BCUT2D eigenvalue weighted by Crippen LogP contribution is 2.46. The highest BCUT2D eigenvalue weighted by molar-refractivity contribution is 5.05. The molecule has 1 fully saturated rings. The van der Waals surface area contributed by atoms with Crippen molar-refractivity contribution in [2.45, 2.75) is 71.5 Å². The number of rotatable bonds is 5. The van der Waals surface area contributed by atoms with E-state index in [1.807, 2.05) is 6.92 Å². The van der Waals surface area contributed by atoms with E-state index in [0.717, 1.165) is 25.7 Å². The van der Waals surface area contributed by atoms with Gasteiger partial charge in [-0.05, 0) is 44.9 Å². The van der Waals surface area contributed by atoms with E-state index in [4.69, 9.17) is 9.26 Å². The lowest BCUT2D eigenvalue weighted by Gasteiger charge is -2.41. The van der Waals surface area contributed by atoms with Gasteiger partial charge >= 0.3 is 0 Å². The Morgan fingerprint density at radius 2 is 1.95 bits per heavy atom. The van der Waals surface area contributed by atoms with E-state index in [1.54, 1.807) is 6.92 Å². The third-order valence-electron chi connectivity index (χ3n) is 4.18. The average Bonchev–Trinajstić information content (AvgIpc) is 2.81. The van der Waals surface area contributed by atoms with Crippen molar-refractivity contribution in [3.8, 4) is 0 Å². The molecule has 1 atom stereocenters. The van der Waals surface area contributed by atoms with Crippen molar-refractivity contribution < 1.29 is 14.4 Å². The third-order valence-corrected chi connectivity index (χ3v) is 4.18. The van der Waals surface area contributed by atoms with Crippen molar-refractivity contribution in [2.75, 3.05) is 6.61 Å². The Morgan fingerprint density at radius 3 is 2.50 bits per heavy atom. The second-order valence-electron chi connectivity index (χ2n) is 6.66. The minimum absolute atomic E-state index is 0.354. The number of hydrogen-bond acceptors (Lipinski definition) is 5. The van der Waals surface area contributed by atoms with E-state index < -0.39 is 11.7 Å². The van der Waals surface area contributed by atoms with Crippen molar-refractivity contribution in [3.63, 3.8) is 0 Å². The Kier molecular flexibility index (Phi) is 4.49. The van der Waals surface area contributed by atoms with Crippen LogP contribution in [0.4, 0.5) is 0 Å². The molecule has 0 amide bonds. The van der Waals surface area contributed by atoms with Gasteiger partial charge in [0.1, 0.15) is 5.60 Å². The van der Waals surface area contributed by atoms with Crippen LogP contribution >= 0.6 is 0 Å². The van der Waals surface area contributed by atoms with E-state index in [9.17, 15) is 5.11 Å². The lowest BCUT2D eigenvalue weighted by atomic mass is 9.70. The van der Waals surface area contributed by atoms with Gasteiger partial charge in [-0.25, -0.2) is 0 Å². The molecule has 114 valence electrons. The molecule has 1 N–H and O–H groups in total. The Balaban J connectivity index is 2.18. The second kappa shape index (κ2) is 5.82. The second-order valence-corrected chi connectivity index (χ2v) is 6.66. The summed E-state index contributed by atoms with van der Waals surface area (Å²) < 4.78 is 11.3. The van der Waals surface area contributed by atoms with E-state index in [1.165, 1.54) is 0 Å². The molecule has 0 bridgehead atoms. The molecule has 1 unspecified atom stereocenters. The molecule has 1 aliphatic rings. The summed E-state index contributed by atoms with van der Waals surface area (Å²) in [5.74, 6) is 1.13. The largest absolute Gasteiger partial charge is 0.393 e. The number of nitrogens with zero attached hydrogens (tertiary/aromatic N) is 2. The third kappa shape index (κ3) is 3.38. The fourth-order valence-corrected chi connectivity index (χ4v) is 2.81. The zero-order chi connectivity index (χ0) is 14.8. The fourth-order valence-electron chi connectivity index (χ4n) is 2.81. The summed E-state index contributed by atoms with van der Waals surface area (Å²) in [5, 5.41) is 13.5. The normalized spacial score (nSPS) is 22.6. The lowest BCUT2D eigenvalue weighted by molar-refractivity contribution is -0.0957. The van der Waals surface area contributed by atoms with E-state index in [0.29, 0.717) is 30.2 Å². The van der Waals surface area contributed by atoms with Crippen molar-refractivity contribution in [1.29, 1.82) is 0 Å². The monoisotopic (exact) mass is 282 g/mol. The van der Waals surface area contributed by atoms with Crippen LogP contribution in [0, 0.1) is 5.41 Å². The highest BCUT2D eigenvalue weighted by atomic mass is 16.5. The van der Waals surface area contributed by atoms with E-state index >= 15 is 0 Å². The van der Waals surface area contributed by atoms with Gasteiger partial charge in [0.05, 0.1) is 12.5 Å². The van der Waals surface area contributed by atoms with Crippen LogP contribution in [0.1, 0.15) is 65.1 Å². The molecule has 1 aliphatic carbocycles. The molecule has 1 heterocycles. The molecule has 0 aliphatic heterocycles. The maximum Gasteiger partial charge on any atom is 0.229 e. The zero-order valence-corrected chi connectivity index (χ0v) is 13.0. The van der Waals surface area contributed by atoms with Crippen LogP contribution < -0.4 is 0 Å². The van der Waals surface area contributed by atoms with Gasteiger partial charge < -0.3 is 14.4 Å². The van der Waals surface area contributed by atoms with E-state index in [2.05, 4.69) is 24.0 Å². The molecule has 0 saturated heterocycles. The molecule has 2 rings (SSSR count). The van der Waals surface area contributed by atoms with Gasteiger partial charge in [-0.15, -0.1) is 0 Å². The van der Waals surface area contributed by atoms with Crippen LogP contribution in [-0.4, -0.2) is 28.0 Å². The summed E-state index contributed by atoms with van der Waals surface area (Å²) in [6.45, 7) is 8.93. The Hall–Kier alpha value is -0.940. The zero-order valence-electron chi connectivity index (χ0n) is 13.0. The first-order valence-electron chi connectivity index (χ1n) is 7.52. The number of hydrogen-bond donors (Lipinski definition) is 1. The number of aliphatic hydroxyl groups is 1. The summed E-state index contributed by atoms with van der Waals surface area (Å²) in [6.07, 6.45) is 3.93. The first-order valence-corrected chi connectivity index (χ1v) is 7.52. The summed E-state index contributed by atoms with van der Waals surface area (Å²) in [4.78, 5) is 4.45. The molecule has 20 heavy (non-hydrogen) atoms. The SMILES string of the molecule is CCOC1(c2noc(CC(C)O)n2)CCC(C)(C)CC1. The van der Waals surface area contributed by atoms with Gasteiger partial charge in [0.2, 0.25) is 11.7 Å². The quantitative estimate of drug-likeness (QED) is 0.899. The first kappa shape index (κ1) is 15.4. The maximum absolute atomic E-state index is 9.40. The van der Waals surface area contributed by atoms with Gasteiger partial charge in [-0.2, -0.15) is 4.98 Å². The standard InChI is InChI=1S/C15H26N2O3/c1-5-19-15(8-6-14(3,4)7-9-15)13-16-12(20-17-13)10-11(2)18/h11,18H,5-10H2,1-4H3. The minimum Gasteiger partial charge on any atom is -0.393 e. The maximum atomic E-state index is 9.40. The van der Waals surface area contributed by atoms with Gasteiger partial charge in [-0.1, -0.05) is 19.0 Å². The molecule has 1 aromatic rings. The molecule has 0 aromatic carbocycles. The highest BCUT2D eigenvalue weighted by Gasteiger charge is 2.43. The molecular weight excluding hydrogens is 256 g/mol. The van der Waals surface area contributed by atoms with Gasteiger partial charge in [0.25, 0.3) is 0 Å². The smallest absolute Gasteiger partial charge is 0.229 e. The molecular formula is C15H26N2O3. The van der Waals surface area contributed by atoms with Crippen molar-refractivity contribution >= 4 is 0 Å².